The molecule has 2 aromatic carbocycles. The van der Waals surface area contributed by atoms with E-state index in [4.69, 9.17) is 28.2 Å². The summed E-state index contributed by atoms with van der Waals surface area (Å²) in [6.45, 7) is 4.37. The Balaban J connectivity index is 2.02. The smallest absolute Gasteiger partial charge is 0.237 e. The van der Waals surface area contributed by atoms with Crippen LogP contribution in [0.4, 0.5) is 5.69 Å². The van der Waals surface area contributed by atoms with Crippen LogP contribution in [0.1, 0.15) is 37.4 Å². The van der Waals surface area contributed by atoms with E-state index in [1.165, 1.54) is 0 Å². The summed E-state index contributed by atoms with van der Waals surface area (Å²) in [4.78, 5) is 18.7. The molecule has 0 saturated heterocycles. The van der Waals surface area contributed by atoms with Crippen LogP contribution in [0.15, 0.2) is 47.5 Å². The van der Waals surface area contributed by atoms with Gasteiger partial charge < -0.3 is 5.32 Å². The van der Waals surface area contributed by atoms with Crippen molar-refractivity contribution in [3.8, 4) is 0 Å². The number of carbonyl (C=O) groups is 1. The Labute approximate surface area is 179 Å². The minimum atomic E-state index is -0.780. The van der Waals surface area contributed by atoms with Crippen LogP contribution in [-0.2, 0) is 10.2 Å². The molecule has 0 saturated carbocycles. The molecule has 6 heteroatoms. The molecule has 2 heterocycles. The van der Waals surface area contributed by atoms with Crippen molar-refractivity contribution in [2.24, 2.45) is 16.8 Å². The van der Waals surface area contributed by atoms with Crippen molar-refractivity contribution in [1.82, 2.24) is 0 Å². The van der Waals surface area contributed by atoms with E-state index in [1.807, 2.05) is 48.7 Å². The topological polar surface area (TPSA) is 41.5 Å². The highest BCUT2D eigenvalue weighted by atomic mass is 35.5. The number of fused-ring (bicyclic) bond motifs is 2. The fraction of sp³-hybridized carbons (Fsp3) is 0.364. The van der Waals surface area contributed by atoms with Crippen LogP contribution in [0.2, 0.25) is 10.0 Å². The Bertz CT molecular complexity index is 975. The number of thioether (sulfide) groups is 1. The van der Waals surface area contributed by atoms with Crippen LogP contribution in [0.3, 0.4) is 0 Å². The van der Waals surface area contributed by atoms with Crippen LogP contribution < -0.4 is 5.32 Å². The van der Waals surface area contributed by atoms with E-state index in [-0.39, 0.29) is 17.9 Å². The van der Waals surface area contributed by atoms with Gasteiger partial charge >= 0.3 is 0 Å². The number of nitrogens with one attached hydrogen (secondary N) is 1. The first-order valence-corrected chi connectivity index (χ1v) is 11.3. The van der Waals surface area contributed by atoms with E-state index < -0.39 is 5.41 Å². The molecule has 2 aromatic rings. The van der Waals surface area contributed by atoms with Crippen molar-refractivity contribution >= 4 is 51.6 Å². The van der Waals surface area contributed by atoms with Crippen molar-refractivity contribution in [1.29, 1.82) is 0 Å². The van der Waals surface area contributed by atoms with Gasteiger partial charge in [0.25, 0.3) is 0 Å². The normalized spacial score (nSPS) is 26.4. The van der Waals surface area contributed by atoms with Crippen molar-refractivity contribution in [2.75, 3.05) is 11.6 Å². The van der Waals surface area contributed by atoms with E-state index in [9.17, 15) is 4.79 Å². The maximum absolute atomic E-state index is 13.6. The second kappa shape index (κ2) is 7.40. The molecule has 0 fully saturated rings. The second-order valence-corrected chi connectivity index (χ2v) is 9.50. The molecule has 0 radical (unpaired) electrons. The van der Waals surface area contributed by atoms with Crippen molar-refractivity contribution in [2.45, 2.75) is 31.7 Å². The number of halogens is 2. The number of nitrogens with zero attached hydrogens (tertiary/aromatic N) is 1. The number of hydrogen-bond donors (Lipinski definition) is 1. The lowest BCUT2D eigenvalue weighted by atomic mass is 9.59. The van der Waals surface area contributed by atoms with Gasteiger partial charge in [0.1, 0.15) is 5.41 Å². The monoisotopic (exact) mass is 432 g/mol. The van der Waals surface area contributed by atoms with E-state index in [2.05, 4.69) is 19.2 Å². The summed E-state index contributed by atoms with van der Waals surface area (Å²) < 4.78 is 0. The van der Waals surface area contributed by atoms with Gasteiger partial charge in [-0.05, 0) is 59.9 Å². The number of anilines is 1. The molecule has 0 aliphatic carbocycles. The zero-order valence-electron chi connectivity index (χ0n) is 16.0. The standard InChI is InChI=1S/C22H22Cl2N2OS/c1-12(2)17-11-19(28-3)26-20(13-5-4-6-14(23)9-13)22(17)16-8-7-15(24)10-18(16)25-21(22)27/h4-10,12,17,20H,11H2,1-3H3,(H,25,27)/t17-,20+,22-/m1/s1. The fourth-order valence-electron chi connectivity index (χ4n) is 4.73. The molecule has 0 unspecified atom stereocenters. The molecular weight excluding hydrogens is 411 g/mol. The number of hydrogen-bond acceptors (Lipinski definition) is 3. The number of benzene rings is 2. The maximum Gasteiger partial charge on any atom is 0.237 e. The zero-order chi connectivity index (χ0) is 20.1. The van der Waals surface area contributed by atoms with E-state index >= 15 is 0 Å². The Hall–Kier alpha value is -1.49. The van der Waals surface area contributed by atoms with Crippen molar-refractivity contribution in [3.63, 3.8) is 0 Å². The predicted molar refractivity (Wildman–Crippen MR) is 120 cm³/mol. The molecule has 0 bridgehead atoms. The number of rotatable bonds is 2. The van der Waals surface area contributed by atoms with Gasteiger partial charge in [-0.15, -0.1) is 11.8 Å². The summed E-state index contributed by atoms with van der Waals surface area (Å²) >= 11 is 14.2. The van der Waals surface area contributed by atoms with Crippen molar-refractivity contribution < 1.29 is 4.79 Å². The summed E-state index contributed by atoms with van der Waals surface area (Å²) in [6, 6.07) is 13.1. The minimum Gasteiger partial charge on any atom is -0.325 e. The van der Waals surface area contributed by atoms with Crippen LogP contribution in [0.25, 0.3) is 0 Å². The summed E-state index contributed by atoms with van der Waals surface area (Å²) in [5, 5.41) is 5.43. The summed E-state index contributed by atoms with van der Waals surface area (Å²) in [7, 11) is 0. The number of aliphatic imine (C=N–C) groups is 1. The van der Waals surface area contributed by atoms with Gasteiger partial charge in [0.15, 0.2) is 0 Å². The van der Waals surface area contributed by atoms with Gasteiger partial charge in [-0.1, -0.05) is 55.2 Å². The Morgan fingerprint density at radius 2 is 1.93 bits per heavy atom. The second-order valence-electron chi connectivity index (χ2n) is 7.75. The third-order valence-corrected chi connectivity index (χ3v) is 7.15. The largest absolute Gasteiger partial charge is 0.325 e. The highest BCUT2D eigenvalue weighted by Crippen LogP contribution is 2.58. The average Bonchev–Trinajstić information content (AvgIpc) is 2.93. The Morgan fingerprint density at radius 1 is 1.18 bits per heavy atom. The molecule has 1 amide bonds. The summed E-state index contributed by atoms with van der Waals surface area (Å²) in [5.74, 6) is 0.405. The SMILES string of the molecule is CSC1=N[C@@H](c2cccc(Cl)c2)[C@]2(C(=O)Nc3cc(Cl)ccc32)[C@@H](C(C)C)C1. The number of carbonyl (C=O) groups excluding carboxylic acids is 1. The summed E-state index contributed by atoms with van der Waals surface area (Å²) in [6.07, 6.45) is 2.83. The molecule has 3 nitrogen and oxygen atoms in total. The lowest BCUT2D eigenvalue weighted by molar-refractivity contribution is -0.124. The van der Waals surface area contributed by atoms with Gasteiger partial charge in [-0.3, -0.25) is 9.79 Å². The van der Waals surface area contributed by atoms with E-state index in [0.29, 0.717) is 16.0 Å². The van der Waals surface area contributed by atoms with Crippen LogP contribution in [-0.4, -0.2) is 17.2 Å². The van der Waals surface area contributed by atoms with Gasteiger partial charge in [0, 0.05) is 15.7 Å². The predicted octanol–water partition coefficient (Wildman–Crippen LogP) is 6.36. The molecule has 3 atom stereocenters. The quantitative estimate of drug-likeness (QED) is 0.599. The lowest BCUT2D eigenvalue weighted by Crippen LogP contribution is -2.51. The highest BCUT2D eigenvalue weighted by molar-refractivity contribution is 8.13. The number of amides is 1. The van der Waals surface area contributed by atoms with Gasteiger partial charge in [0.05, 0.1) is 11.1 Å². The Kier molecular flexibility index (Phi) is 5.24. The third kappa shape index (κ3) is 2.97. The van der Waals surface area contributed by atoms with E-state index in [0.717, 1.165) is 28.3 Å². The van der Waals surface area contributed by atoms with Gasteiger partial charge in [0.2, 0.25) is 5.91 Å². The molecule has 28 heavy (non-hydrogen) atoms. The molecule has 2 aliphatic rings. The molecule has 1 N–H and O–H groups in total. The van der Waals surface area contributed by atoms with Crippen LogP contribution >= 0.6 is 35.0 Å². The highest BCUT2D eigenvalue weighted by Gasteiger charge is 2.60. The molecule has 1 spiro atoms. The van der Waals surface area contributed by atoms with Gasteiger partial charge in [-0.25, -0.2) is 0 Å². The fourth-order valence-corrected chi connectivity index (χ4v) is 5.66. The minimum absolute atomic E-state index is 0.00246. The molecule has 146 valence electrons. The molecular formula is C22H22Cl2N2OS. The molecule has 2 aliphatic heterocycles. The maximum atomic E-state index is 13.6. The average molecular weight is 433 g/mol. The first-order chi connectivity index (χ1) is 13.4. The van der Waals surface area contributed by atoms with E-state index in [1.54, 1.807) is 11.8 Å². The van der Waals surface area contributed by atoms with Crippen LogP contribution in [0, 0.1) is 11.8 Å². The first-order valence-electron chi connectivity index (χ1n) is 9.35. The van der Waals surface area contributed by atoms with Crippen LogP contribution in [0.5, 0.6) is 0 Å². The summed E-state index contributed by atoms with van der Waals surface area (Å²) in [5.41, 5.74) is 1.95. The molecule has 0 aromatic heterocycles. The first kappa shape index (κ1) is 19.8. The Morgan fingerprint density at radius 3 is 2.61 bits per heavy atom. The van der Waals surface area contributed by atoms with Gasteiger partial charge in [-0.2, -0.15) is 0 Å². The molecule has 4 rings (SSSR count). The lowest BCUT2D eigenvalue weighted by Gasteiger charge is -2.46. The zero-order valence-corrected chi connectivity index (χ0v) is 18.3. The third-order valence-electron chi connectivity index (χ3n) is 5.94. The van der Waals surface area contributed by atoms with Crippen molar-refractivity contribution in [3.05, 3.63) is 63.6 Å².